The monoisotopic (exact) mass is 236 g/mol. The predicted molar refractivity (Wildman–Crippen MR) is 52.8 cm³/mol. The predicted octanol–water partition coefficient (Wildman–Crippen LogP) is 2.51. The quantitative estimate of drug-likeness (QED) is 0.320. The van der Waals surface area contributed by atoms with Crippen LogP contribution in [0.2, 0.25) is 0 Å². The lowest BCUT2D eigenvalue weighted by atomic mass is 10.3. The van der Waals surface area contributed by atoms with E-state index in [-0.39, 0.29) is 6.54 Å². The highest BCUT2D eigenvalue weighted by molar-refractivity contribution is 9.10. The molecule has 5 heteroatoms. The summed E-state index contributed by atoms with van der Waals surface area (Å²) in [6, 6.07) is 1.84. The van der Waals surface area contributed by atoms with E-state index < -0.39 is 0 Å². The Kier molecular flexibility index (Phi) is 3.83. The maximum absolute atomic E-state index is 7.98. The van der Waals surface area contributed by atoms with Gasteiger partial charge in [0.2, 0.25) is 0 Å². The average molecular weight is 237 g/mol. The Balaban J connectivity index is 2.71. The molecular formula is C8H5BrN4. The van der Waals surface area contributed by atoms with Crippen molar-refractivity contribution in [3.05, 3.63) is 38.9 Å². The topological polar surface area (TPSA) is 61.7 Å². The smallest absolute Gasteiger partial charge is 0.0880 e. The first-order valence-electron chi connectivity index (χ1n) is 3.43. The van der Waals surface area contributed by atoms with Gasteiger partial charge in [0.1, 0.15) is 0 Å². The van der Waals surface area contributed by atoms with Crippen LogP contribution in [0.1, 0.15) is 5.56 Å². The van der Waals surface area contributed by atoms with E-state index in [9.17, 15) is 0 Å². The van der Waals surface area contributed by atoms with E-state index >= 15 is 0 Å². The van der Waals surface area contributed by atoms with Crippen molar-refractivity contribution < 1.29 is 0 Å². The van der Waals surface area contributed by atoms with Crippen LogP contribution in [0.4, 0.5) is 0 Å². The van der Waals surface area contributed by atoms with Crippen molar-refractivity contribution in [1.82, 2.24) is 4.98 Å². The minimum absolute atomic E-state index is 0.184. The van der Waals surface area contributed by atoms with E-state index in [0.717, 1.165) is 10.0 Å². The van der Waals surface area contributed by atoms with E-state index in [1.807, 2.05) is 6.07 Å². The van der Waals surface area contributed by atoms with Gasteiger partial charge in [-0.15, -0.1) is 0 Å². The summed E-state index contributed by atoms with van der Waals surface area (Å²) in [6.45, 7) is 0.184. The first kappa shape index (κ1) is 9.59. The second kappa shape index (κ2) is 5.20. The Morgan fingerprint density at radius 3 is 3.15 bits per heavy atom. The van der Waals surface area contributed by atoms with Gasteiger partial charge in [0, 0.05) is 27.3 Å². The maximum Gasteiger partial charge on any atom is 0.0880 e. The molecule has 1 rings (SSSR count). The molecule has 0 aromatic carbocycles. The van der Waals surface area contributed by atoms with Crippen molar-refractivity contribution in [3.8, 4) is 11.8 Å². The second-order valence-electron chi connectivity index (χ2n) is 2.08. The van der Waals surface area contributed by atoms with Gasteiger partial charge in [-0.2, -0.15) is 0 Å². The summed E-state index contributed by atoms with van der Waals surface area (Å²) in [5.41, 5.74) is 8.77. The largest absolute Gasteiger partial charge is 0.262 e. The van der Waals surface area contributed by atoms with Crippen LogP contribution in [0, 0.1) is 11.8 Å². The molecule has 0 fully saturated rings. The van der Waals surface area contributed by atoms with E-state index in [4.69, 9.17) is 5.53 Å². The minimum Gasteiger partial charge on any atom is -0.262 e. The van der Waals surface area contributed by atoms with Crippen molar-refractivity contribution in [3.63, 3.8) is 0 Å². The zero-order valence-electron chi connectivity index (χ0n) is 6.61. The number of halogens is 1. The molecule has 4 nitrogen and oxygen atoms in total. The third kappa shape index (κ3) is 3.61. The van der Waals surface area contributed by atoms with Gasteiger partial charge in [0.25, 0.3) is 0 Å². The first-order valence-corrected chi connectivity index (χ1v) is 4.22. The highest BCUT2D eigenvalue weighted by Gasteiger charge is 1.87. The lowest BCUT2D eigenvalue weighted by Crippen LogP contribution is -1.78. The number of hydrogen-bond donors (Lipinski definition) is 0. The van der Waals surface area contributed by atoms with Crippen LogP contribution in [0.3, 0.4) is 0 Å². The van der Waals surface area contributed by atoms with Crippen LogP contribution in [0.15, 0.2) is 28.0 Å². The normalized spacial score (nSPS) is 8.08. The molecule has 0 saturated heterocycles. The van der Waals surface area contributed by atoms with Crippen LogP contribution >= 0.6 is 15.9 Å². The summed E-state index contributed by atoms with van der Waals surface area (Å²) >= 11 is 3.27. The molecular weight excluding hydrogens is 232 g/mol. The summed E-state index contributed by atoms with van der Waals surface area (Å²) in [7, 11) is 0. The Hall–Kier alpha value is -1.50. The molecule has 0 bridgehead atoms. The van der Waals surface area contributed by atoms with E-state index in [2.05, 4.69) is 42.8 Å². The van der Waals surface area contributed by atoms with Crippen molar-refractivity contribution in [2.24, 2.45) is 5.11 Å². The van der Waals surface area contributed by atoms with Gasteiger partial charge in [-0.25, -0.2) is 0 Å². The van der Waals surface area contributed by atoms with Gasteiger partial charge in [-0.3, -0.25) is 4.98 Å². The van der Waals surface area contributed by atoms with Crippen LogP contribution in [0.5, 0.6) is 0 Å². The summed E-state index contributed by atoms with van der Waals surface area (Å²) in [4.78, 5) is 6.51. The zero-order valence-corrected chi connectivity index (χ0v) is 8.19. The number of rotatable bonds is 1. The number of hydrogen-bond acceptors (Lipinski definition) is 2. The Bertz CT molecular complexity index is 398. The molecule has 0 spiro atoms. The number of nitrogens with zero attached hydrogens (tertiary/aromatic N) is 4. The van der Waals surface area contributed by atoms with Crippen LogP contribution in [-0.2, 0) is 0 Å². The van der Waals surface area contributed by atoms with E-state index in [1.165, 1.54) is 0 Å². The lowest BCUT2D eigenvalue weighted by Gasteiger charge is -1.89. The van der Waals surface area contributed by atoms with E-state index in [1.54, 1.807) is 12.4 Å². The van der Waals surface area contributed by atoms with Gasteiger partial charge in [0.15, 0.2) is 0 Å². The van der Waals surface area contributed by atoms with Gasteiger partial charge in [-0.1, -0.05) is 17.0 Å². The summed E-state index contributed by atoms with van der Waals surface area (Å²) in [5.74, 6) is 5.51. The molecule has 0 aliphatic heterocycles. The fourth-order valence-corrected chi connectivity index (χ4v) is 1.05. The summed E-state index contributed by atoms with van der Waals surface area (Å²) < 4.78 is 0.878. The molecule has 1 aromatic heterocycles. The Morgan fingerprint density at radius 2 is 2.46 bits per heavy atom. The zero-order chi connectivity index (χ0) is 9.52. The third-order valence-corrected chi connectivity index (χ3v) is 1.58. The van der Waals surface area contributed by atoms with Gasteiger partial charge < -0.3 is 0 Å². The number of aromatic nitrogens is 1. The number of azide groups is 1. The van der Waals surface area contributed by atoms with Crippen molar-refractivity contribution in [2.75, 3.05) is 6.54 Å². The first-order chi connectivity index (χ1) is 6.33. The Morgan fingerprint density at radius 1 is 1.62 bits per heavy atom. The molecule has 1 heterocycles. The van der Waals surface area contributed by atoms with Gasteiger partial charge in [0.05, 0.1) is 6.54 Å². The highest BCUT2D eigenvalue weighted by Crippen LogP contribution is 2.07. The minimum atomic E-state index is 0.184. The van der Waals surface area contributed by atoms with Gasteiger partial charge in [-0.05, 0) is 27.5 Å². The second-order valence-corrected chi connectivity index (χ2v) is 3.00. The molecule has 1 aromatic rings. The van der Waals surface area contributed by atoms with E-state index in [0.29, 0.717) is 0 Å². The van der Waals surface area contributed by atoms with Crippen LogP contribution in [0.25, 0.3) is 10.4 Å². The standard InChI is InChI=1S/C8H5BrN4/c9-8-4-7(5-11-6-8)2-1-3-12-13-10/h4-6H,3H2. The van der Waals surface area contributed by atoms with Crippen molar-refractivity contribution >= 4 is 15.9 Å². The Labute approximate surface area is 83.7 Å². The summed E-state index contributed by atoms with van der Waals surface area (Å²) in [6.07, 6.45) is 3.33. The molecule has 0 radical (unpaired) electrons. The SMILES string of the molecule is [N-]=[N+]=NCC#Cc1cncc(Br)c1. The molecule has 0 N–H and O–H groups in total. The van der Waals surface area contributed by atoms with Crippen LogP contribution < -0.4 is 0 Å². The molecule has 0 saturated carbocycles. The summed E-state index contributed by atoms with van der Waals surface area (Å²) in [5, 5.41) is 3.28. The molecule has 0 amide bonds. The number of pyridine rings is 1. The maximum atomic E-state index is 7.98. The molecule has 13 heavy (non-hydrogen) atoms. The molecule has 0 unspecified atom stereocenters. The van der Waals surface area contributed by atoms with Crippen molar-refractivity contribution in [2.45, 2.75) is 0 Å². The third-order valence-electron chi connectivity index (χ3n) is 1.15. The highest BCUT2D eigenvalue weighted by atomic mass is 79.9. The molecule has 0 aliphatic rings. The molecule has 64 valence electrons. The molecule has 0 aliphatic carbocycles. The molecule has 0 atom stereocenters. The van der Waals surface area contributed by atoms with Gasteiger partial charge >= 0.3 is 0 Å². The van der Waals surface area contributed by atoms with Crippen LogP contribution in [-0.4, -0.2) is 11.5 Å². The lowest BCUT2D eigenvalue weighted by molar-refractivity contribution is 1.25. The fraction of sp³-hybridized carbons (Fsp3) is 0.125. The average Bonchev–Trinajstić information content (AvgIpc) is 2.13. The fourth-order valence-electron chi connectivity index (χ4n) is 0.689. The van der Waals surface area contributed by atoms with Crippen molar-refractivity contribution in [1.29, 1.82) is 0 Å².